The summed E-state index contributed by atoms with van der Waals surface area (Å²) in [6.45, 7) is 0. The van der Waals surface area contributed by atoms with Crippen molar-refractivity contribution < 1.29 is 9.15 Å². The molecule has 2 heterocycles. The molecule has 1 aliphatic carbocycles. The Morgan fingerprint density at radius 1 is 0.345 bits per heavy atom. The lowest BCUT2D eigenvalue weighted by atomic mass is 9.66. The van der Waals surface area contributed by atoms with Gasteiger partial charge in [-0.25, -0.2) is 0 Å². The van der Waals surface area contributed by atoms with E-state index in [-0.39, 0.29) is 0 Å². The van der Waals surface area contributed by atoms with Gasteiger partial charge in [0.2, 0.25) is 0 Å². The van der Waals surface area contributed by atoms with Crippen LogP contribution in [0.1, 0.15) is 22.3 Å². The van der Waals surface area contributed by atoms with Crippen molar-refractivity contribution >= 4 is 71.3 Å². The Bertz CT molecular complexity index is 3480. The number of hydrogen-bond acceptors (Lipinski definition) is 3. The summed E-state index contributed by atoms with van der Waals surface area (Å²) in [6.07, 6.45) is 0. The van der Waals surface area contributed by atoms with E-state index in [1.54, 1.807) is 0 Å². The van der Waals surface area contributed by atoms with Gasteiger partial charge in [-0.1, -0.05) is 133 Å². The summed E-state index contributed by atoms with van der Waals surface area (Å²) in [5, 5.41) is 9.40. The lowest BCUT2D eigenvalue weighted by molar-refractivity contribution is 0.436. The molecule has 3 nitrogen and oxygen atoms in total. The van der Waals surface area contributed by atoms with E-state index >= 15 is 0 Å². The molecule has 0 bridgehead atoms. The third-order valence-corrected chi connectivity index (χ3v) is 12.7. The number of ether oxygens (including phenoxy) is 1. The largest absolute Gasteiger partial charge is 0.457 e. The molecule has 0 radical (unpaired) electrons. The highest BCUT2D eigenvalue weighted by Crippen LogP contribution is 2.62. The predicted octanol–water partition coefficient (Wildman–Crippen LogP) is 15.0. The van der Waals surface area contributed by atoms with E-state index in [9.17, 15) is 0 Å². The molecule has 11 aromatic rings. The molecule has 2 aliphatic rings. The van der Waals surface area contributed by atoms with Crippen LogP contribution in [0.4, 0.5) is 17.1 Å². The van der Waals surface area contributed by atoms with Crippen molar-refractivity contribution in [2.45, 2.75) is 5.41 Å². The van der Waals surface area contributed by atoms with Crippen LogP contribution in [0.25, 0.3) is 65.4 Å². The van der Waals surface area contributed by atoms with Crippen molar-refractivity contribution in [3.8, 4) is 22.6 Å². The summed E-state index contributed by atoms with van der Waals surface area (Å²) >= 11 is 0. The molecule has 270 valence electrons. The number of anilines is 3. The molecular formula is C55H33NO2. The maximum atomic E-state index is 6.83. The van der Waals surface area contributed by atoms with Crippen molar-refractivity contribution in [3.05, 3.63) is 222 Å². The summed E-state index contributed by atoms with van der Waals surface area (Å²) in [4.78, 5) is 2.40. The molecule has 3 heteroatoms. The van der Waals surface area contributed by atoms with E-state index in [2.05, 4.69) is 193 Å². The maximum Gasteiger partial charge on any atom is 0.143 e. The molecule has 10 aromatic carbocycles. The average molecular weight is 740 g/mol. The molecule has 0 unspecified atom stereocenters. The maximum absolute atomic E-state index is 6.83. The minimum absolute atomic E-state index is 0.572. The number of furan rings is 1. The number of rotatable bonds is 3. The van der Waals surface area contributed by atoms with Crippen LogP contribution in [-0.4, -0.2) is 0 Å². The normalized spacial score (nSPS) is 13.4. The smallest absolute Gasteiger partial charge is 0.143 e. The highest BCUT2D eigenvalue weighted by atomic mass is 16.5. The van der Waals surface area contributed by atoms with Gasteiger partial charge in [0.05, 0.1) is 5.41 Å². The van der Waals surface area contributed by atoms with E-state index in [4.69, 9.17) is 9.15 Å². The SMILES string of the molecule is c1ccc2c(c1)Oc1ccc(N(c3ccc4c(ccc5ccccc54)c3)c3ccc4c(ccc5c6ccccc6oc45)c3)cc1C21c2ccccc2-c2ccccc21. The number of hydrogen-bond donors (Lipinski definition) is 0. The molecule has 0 saturated carbocycles. The molecule has 0 N–H and O–H groups in total. The van der Waals surface area contributed by atoms with E-state index < -0.39 is 5.41 Å². The van der Waals surface area contributed by atoms with E-state index in [0.29, 0.717) is 0 Å². The Balaban J connectivity index is 1.07. The van der Waals surface area contributed by atoms with Crippen LogP contribution in [0.2, 0.25) is 0 Å². The zero-order valence-corrected chi connectivity index (χ0v) is 31.3. The molecule has 13 rings (SSSR count). The van der Waals surface area contributed by atoms with E-state index in [0.717, 1.165) is 72.4 Å². The lowest BCUT2D eigenvalue weighted by Gasteiger charge is -2.40. The Hall–Kier alpha value is -7.62. The van der Waals surface area contributed by atoms with E-state index in [1.807, 2.05) is 12.1 Å². The first kappa shape index (κ1) is 31.6. The molecule has 1 spiro atoms. The topological polar surface area (TPSA) is 25.6 Å². The molecule has 0 fully saturated rings. The minimum atomic E-state index is -0.572. The Kier molecular flexibility index (Phi) is 6.37. The van der Waals surface area contributed by atoms with Gasteiger partial charge < -0.3 is 14.1 Å². The van der Waals surface area contributed by atoms with Crippen LogP contribution in [0, 0.1) is 0 Å². The van der Waals surface area contributed by atoms with Gasteiger partial charge in [0.1, 0.15) is 22.7 Å². The number of fused-ring (bicyclic) bond motifs is 17. The van der Waals surface area contributed by atoms with E-state index in [1.165, 1.54) is 43.8 Å². The highest BCUT2D eigenvalue weighted by molar-refractivity contribution is 6.15. The first-order valence-electron chi connectivity index (χ1n) is 19.9. The second kappa shape index (κ2) is 11.7. The number of para-hydroxylation sites is 2. The zero-order valence-electron chi connectivity index (χ0n) is 31.3. The fraction of sp³-hybridized carbons (Fsp3) is 0.0182. The number of nitrogens with zero attached hydrogens (tertiary/aromatic N) is 1. The van der Waals surface area contributed by atoms with Crippen molar-refractivity contribution in [1.82, 2.24) is 0 Å². The molecule has 1 aliphatic heterocycles. The van der Waals surface area contributed by atoms with Gasteiger partial charge in [-0.05, 0) is 116 Å². The van der Waals surface area contributed by atoms with Gasteiger partial charge in [-0.3, -0.25) is 0 Å². The van der Waals surface area contributed by atoms with Crippen LogP contribution in [0.15, 0.2) is 205 Å². The van der Waals surface area contributed by atoms with Gasteiger partial charge in [0.25, 0.3) is 0 Å². The standard InChI is InChI=1S/C55H33NO2/c1-2-12-40-34(11-1)21-22-35-31-37(24-28-41(35)40)56(38-25-29-42-36(32-38)23-27-46-45-15-5-9-19-51(45)58-54(42)46)39-26-30-53-50(33-39)55(49-18-8-10-20-52(49)57-53)47-16-6-3-13-43(47)44-14-4-7-17-48(44)55/h1-33H. The quantitative estimate of drug-likeness (QED) is 0.169. The minimum Gasteiger partial charge on any atom is -0.457 e. The van der Waals surface area contributed by atoms with Crippen LogP contribution in [0.3, 0.4) is 0 Å². The second-order valence-electron chi connectivity index (χ2n) is 15.6. The first-order chi connectivity index (χ1) is 28.7. The summed E-state index contributed by atoms with van der Waals surface area (Å²) in [6, 6.07) is 72.6. The summed E-state index contributed by atoms with van der Waals surface area (Å²) in [7, 11) is 0. The van der Waals surface area contributed by atoms with Gasteiger partial charge in [0, 0.05) is 44.3 Å². The molecule has 0 amide bonds. The monoisotopic (exact) mass is 739 g/mol. The van der Waals surface area contributed by atoms with Crippen LogP contribution < -0.4 is 9.64 Å². The summed E-state index contributed by atoms with van der Waals surface area (Å²) in [5.74, 6) is 1.75. The van der Waals surface area contributed by atoms with Gasteiger partial charge in [0.15, 0.2) is 0 Å². The van der Waals surface area contributed by atoms with Crippen LogP contribution in [0.5, 0.6) is 11.5 Å². The summed E-state index contributed by atoms with van der Waals surface area (Å²) in [5.41, 5.74) is 11.8. The predicted molar refractivity (Wildman–Crippen MR) is 238 cm³/mol. The van der Waals surface area contributed by atoms with Crippen molar-refractivity contribution in [3.63, 3.8) is 0 Å². The van der Waals surface area contributed by atoms with Gasteiger partial charge in [-0.15, -0.1) is 0 Å². The molecule has 58 heavy (non-hydrogen) atoms. The lowest BCUT2D eigenvalue weighted by Crippen LogP contribution is -2.32. The molecular weight excluding hydrogens is 707 g/mol. The first-order valence-corrected chi connectivity index (χ1v) is 19.9. The zero-order chi connectivity index (χ0) is 38.0. The third kappa shape index (κ3) is 4.22. The van der Waals surface area contributed by atoms with Crippen LogP contribution >= 0.6 is 0 Å². The highest BCUT2D eigenvalue weighted by Gasteiger charge is 2.51. The Morgan fingerprint density at radius 3 is 1.69 bits per heavy atom. The second-order valence-corrected chi connectivity index (χ2v) is 15.6. The Morgan fingerprint density at radius 2 is 0.879 bits per heavy atom. The van der Waals surface area contributed by atoms with Crippen molar-refractivity contribution in [2.75, 3.05) is 4.90 Å². The molecule has 1 aromatic heterocycles. The molecule has 0 saturated heterocycles. The fourth-order valence-corrected chi connectivity index (χ4v) is 10.2. The van der Waals surface area contributed by atoms with Gasteiger partial charge in [-0.2, -0.15) is 0 Å². The van der Waals surface area contributed by atoms with Gasteiger partial charge >= 0.3 is 0 Å². The van der Waals surface area contributed by atoms with Crippen molar-refractivity contribution in [2.24, 2.45) is 0 Å². The van der Waals surface area contributed by atoms with Crippen molar-refractivity contribution in [1.29, 1.82) is 0 Å². The number of benzene rings is 10. The molecule has 0 atom stereocenters. The fourth-order valence-electron chi connectivity index (χ4n) is 10.2. The average Bonchev–Trinajstić information content (AvgIpc) is 3.81. The Labute approximate surface area is 334 Å². The third-order valence-electron chi connectivity index (χ3n) is 12.7. The van der Waals surface area contributed by atoms with Crippen LogP contribution in [-0.2, 0) is 5.41 Å². The summed E-state index contributed by atoms with van der Waals surface area (Å²) < 4.78 is 13.3.